The molecule has 23 heavy (non-hydrogen) atoms. The summed E-state index contributed by atoms with van der Waals surface area (Å²) in [5.74, 6) is -0.133. The van der Waals surface area contributed by atoms with Gasteiger partial charge in [0.2, 0.25) is 5.91 Å². The number of carbonyl (C=O) groups is 2. The van der Waals surface area contributed by atoms with Crippen molar-refractivity contribution in [3.05, 3.63) is 35.9 Å². The largest absolute Gasteiger partial charge is 0.385 e. The quantitative estimate of drug-likeness (QED) is 0.668. The number of hydrazone groups is 1. The fourth-order valence-electron chi connectivity index (χ4n) is 2.37. The number of ether oxygens (including phenoxy) is 1. The van der Waals surface area contributed by atoms with Crippen molar-refractivity contribution in [2.24, 2.45) is 5.10 Å². The van der Waals surface area contributed by atoms with E-state index in [-0.39, 0.29) is 11.7 Å². The summed E-state index contributed by atoms with van der Waals surface area (Å²) in [5.41, 5.74) is 4.33. The first-order chi connectivity index (χ1) is 11.2. The van der Waals surface area contributed by atoms with Crippen LogP contribution in [0.1, 0.15) is 24.8 Å². The molecule has 0 aliphatic carbocycles. The van der Waals surface area contributed by atoms with Crippen LogP contribution in [0.3, 0.4) is 0 Å². The van der Waals surface area contributed by atoms with E-state index in [4.69, 9.17) is 4.74 Å². The van der Waals surface area contributed by atoms with Crippen LogP contribution in [0, 0.1) is 0 Å². The van der Waals surface area contributed by atoms with Crippen molar-refractivity contribution in [2.75, 3.05) is 20.3 Å². The van der Waals surface area contributed by atoms with Gasteiger partial charge in [-0.15, -0.1) is 0 Å². The van der Waals surface area contributed by atoms with E-state index in [9.17, 15) is 9.59 Å². The number of nitrogens with zero attached hydrogens (tertiary/aromatic N) is 1. The molecule has 0 fully saturated rings. The Labute approximate surface area is 136 Å². The lowest BCUT2D eigenvalue weighted by Gasteiger charge is -2.10. The van der Waals surface area contributed by atoms with E-state index in [0.717, 1.165) is 12.0 Å². The van der Waals surface area contributed by atoms with Crippen LogP contribution in [0.15, 0.2) is 35.4 Å². The summed E-state index contributed by atoms with van der Waals surface area (Å²) < 4.78 is 4.93. The van der Waals surface area contributed by atoms with E-state index in [1.807, 2.05) is 30.3 Å². The molecule has 1 atom stereocenters. The highest BCUT2D eigenvalue weighted by Crippen LogP contribution is 2.09. The summed E-state index contributed by atoms with van der Waals surface area (Å²) in [6.45, 7) is 1.17. The SMILES string of the molecule is COCCCNC(=O)C1CC(C(=O)CCc2ccccc2)=NN1. The number of Topliss-reactive ketones (excluding diaryl/α,β-unsaturated/α-hetero) is 1. The lowest BCUT2D eigenvalue weighted by atomic mass is 10.0. The minimum Gasteiger partial charge on any atom is -0.385 e. The second-order valence-corrected chi connectivity index (χ2v) is 5.49. The molecule has 2 rings (SSSR count). The average Bonchev–Trinajstić information content (AvgIpc) is 3.07. The number of benzene rings is 1. The van der Waals surface area contributed by atoms with Gasteiger partial charge >= 0.3 is 0 Å². The number of methoxy groups -OCH3 is 1. The fourth-order valence-corrected chi connectivity index (χ4v) is 2.37. The fraction of sp³-hybridized carbons (Fsp3) is 0.471. The number of aryl methyl sites for hydroxylation is 1. The molecule has 1 aliphatic rings. The maximum Gasteiger partial charge on any atom is 0.244 e. The molecular formula is C17H23N3O3. The zero-order chi connectivity index (χ0) is 16.5. The van der Waals surface area contributed by atoms with E-state index in [0.29, 0.717) is 38.1 Å². The molecule has 1 aliphatic heterocycles. The van der Waals surface area contributed by atoms with Crippen molar-refractivity contribution in [1.29, 1.82) is 0 Å². The summed E-state index contributed by atoms with van der Waals surface area (Å²) in [4.78, 5) is 24.1. The van der Waals surface area contributed by atoms with Crippen LogP contribution in [-0.4, -0.2) is 43.7 Å². The minimum absolute atomic E-state index is 0.00367. The van der Waals surface area contributed by atoms with Gasteiger partial charge in [-0.25, -0.2) is 0 Å². The van der Waals surface area contributed by atoms with Crippen LogP contribution in [0.25, 0.3) is 0 Å². The number of nitrogens with one attached hydrogen (secondary N) is 2. The molecule has 0 aromatic heterocycles. The Kier molecular flexibility index (Phi) is 6.75. The molecule has 6 heteroatoms. The molecule has 6 nitrogen and oxygen atoms in total. The van der Waals surface area contributed by atoms with E-state index in [1.54, 1.807) is 7.11 Å². The van der Waals surface area contributed by atoms with Crippen molar-refractivity contribution in [1.82, 2.24) is 10.7 Å². The Balaban J connectivity index is 1.71. The Bertz CT molecular complexity index is 557. The molecule has 124 valence electrons. The monoisotopic (exact) mass is 317 g/mol. The first kappa shape index (κ1) is 17.1. The molecular weight excluding hydrogens is 294 g/mol. The van der Waals surface area contributed by atoms with E-state index in [1.165, 1.54) is 0 Å². The minimum atomic E-state index is -0.451. The molecule has 0 radical (unpaired) electrons. The molecule has 1 aromatic carbocycles. The summed E-state index contributed by atoms with van der Waals surface area (Å²) >= 11 is 0. The second-order valence-electron chi connectivity index (χ2n) is 5.49. The normalized spacial score (nSPS) is 16.6. The topological polar surface area (TPSA) is 79.8 Å². The van der Waals surface area contributed by atoms with Gasteiger partial charge in [0.05, 0.1) is 0 Å². The number of amides is 1. The van der Waals surface area contributed by atoms with Crippen molar-refractivity contribution >= 4 is 17.4 Å². The summed E-state index contributed by atoms with van der Waals surface area (Å²) in [6.07, 6.45) is 2.21. The third kappa shape index (κ3) is 5.49. The molecule has 1 amide bonds. The number of hydrogen-bond acceptors (Lipinski definition) is 5. The summed E-state index contributed by atoms with van der Waals surface area (Å²) in [5, 5.41) is 6.84. The smallest absolute Gasteiger partial charge is 0.244 e. The third-order valence-electron chi connectivity index (χ3n) is 3.70. The second kappa shape index (κ2) is 9.05. The number of carbonyl (C=O) groups excluding carboxylic acids is 2. The van der Waals surface area contributed by atoms with Gasteiger partial charge < -0.3 is 10.1 Å². The Hall–Kier alpha value is -2.21. The molecule has 0 saturated carbocycles. The van der Waals surface area contributed by atoms with Gasteiger partial charge in [0.25, 0.3) is 0 Å². The Morgan fingerprint density at radius 2 is 2.13 bits per heavy atom. The standard InChI is InChI=1S/C17H23N3O3/c1-23-11-5-10-18-17(22)15-12-14(19-20-15)16(21)9-8-13-6-3-2-4-7-13/h2-4,6-7,15,20H,5,8-12H2,1H3,(H,18,22). The highest BCUT2D eigenvalue weighted by molar-refractivity contribution is 6.40. The van der Waals surface area contributed by atoms with Crippen molar-refractivity contribution < 1.29 is 14.3 Å². The van der Waals surface area contributed by atoms with Gasteiger partial charge in [0, 0.05) is 33.1 Å². The van der Waals surface area contributed by atoms with Crippen molar-refractivity contribution in [3.8, 4) is 0 Å². The molecule has 0 spiro atoms. The highest BCUT2D eigenvalue weighted by atomic mass is 16.5. The number of ketones is 1. The van der Waals surface area contributed by atoms with Gasteiger partial charge in [-0.3, -0.25) is 15.0 Å². The predicted molar refractivity (Wildman–Crippen MR) is 88.2 cm³/mol. The average molecular weight is 317 g/mol. The number of rotatable bonds is 9. The molecule has 1 heterocycles. The van der Waals surface area contributed by atoms with E-state index < -0.39 is 6.04 Å². The van der Waals surface area contributed by atoms with Crippen LogP contribution in [0.2, 0.25) is 0 Å². The summed E-state index contributed by atoms with van der Waals surface area (Å²) in [6, 6.07) is 9.41. The van der Waals surface area contributed by atoms with Crippen molar-refractivity contribution in [2.45, 2.75) is 31.7 Å². The van der Waals surface area contributed by atoms with Crippen LogP contribution in [0.5, 0.6) is 0 Å². The van der Waals surface area contributed by atoms with Crippen molar-refractivity contribution in [3.63, 3.8) is 0 Å². The first-order valence-electron chi connectivity index (χ1n) is 7.86. The van der Waals surface area contributed by atoms with E-state index in [2.05, 4.69) is 15.8 Å². The highest BCUT2D eigenvalue weighted by Gasteiger charge is 2.28. The van der Waals surface area contributed by atoms with Gasteiger partial charge in [-0.2, -0.15) is 5.10 Å². The molecule has 0 saturated heterocycles. The van der Waals surface area contributed by atoms with Gasteiger partial charge in [0.15, 0.2) is 5.78 Å². The van der Waals surface area contributed by atoms with Gasteiger partial charge in [0.1, 0.15) is 11.8 Å². The van der Waals surface area contributed by atoms with Gasteiger partial charge in [-0.1, -0.05) is 30.3 Å². The van der Waals surface area contributed by atoms with E-state index >= 15 is 0 Å². The maximum absolute atomic E-state index is 12.2. The molecule has 1 aromatic rings. The molecule has 1 unspecified atom stereocenters. The van der Waals surface area contributed by atoms with Crippen LogP contribution in [0.4, 0.5) is 0 Å². The van der Waals surface area contributed by atoms with Gasteiger partial charge in [-0.05, 0) is 18.4 Å². The zero-order valence-electron chi connectivity index (χ0n) is 13.4. The third-order valence-corrected chi connectivity index (χ3v) is 3.70. The lowest BCUT2D eigenvalue weighted by Crippen LogP contribution is -2.40. The van der Waals surface area contributed by atoms with Crippen LogP contribution < -0.4 is 10.7 Å². The Morgan fingerprint density at radius 3 is 2.87 bits per heavy atom. The predicted octanol–water partition coefficient (Wildman–Crippen LogP) is 1.06. The molecule has 2 N–H and O–H groups in total. The zero-order valence-corrected chi connectivity index (χ0v) is 13.4. The Morgan fingerprint density at radius 1 is 1.35 bits per heavy atom. The number of hydrogen-bond donors (Lipinski definition) is 2. The summed E-state index contributed by atoms with van der Waals surface area (Å²) in [7, 11) is 1.63. The maximum atomic E-state index is 12.2. The van der Waals surface area contributed by atoms with Crippen LogP contribution >= 0.6 is 0 Å². The lowest BCUT2D eigenvalue weighted by molar-refractivity contribution is -0.122. The van der Waals surface area contributed by atoms with Crippen LogP contribution in [-0.2, 0) is 20.7 Å². The first-order valence-corrected chi connectivity index (χ1v) is 7.86. The molecule has 0 bridgehead atoms.